The number of nitrogens with one attached hydrogen (secondary N) is 1. The van der Waals surface area contributed by atoms with E-state index in [0.717, 1.165) is 0 Å². The molecule has 2 aromatic heterocycles. The van der Waals surface area contributed by atoms with Crippen molar-refractivity contribution in [3.63, 3.8) is 0 Å². The van der Waals surface area contributed by atoms with Crippen LogP contribution in [-0.4, -0.2) is 15.5 Å². The molecule has 0 atom stereocenters. The predicted octanol–water partition coefficient (Wildman–Crippen LogP) is 3.34. The van der Waals surface area contributed by atoms with Gasteiger partial charge in [0.05, 0.1) is 12.1 Å². The van der Waals surface area contributed by atoms with Crippen LogP contribution in [0.4, 0.5) is 10.1 Å². The van der Waals surface area contributed by atoms with Crippen LogP contribution in [0, 0.1) is 5.82 Å². The highest BCUT2D eigenvalue weighted by Crippen LogP contribution is 2.19. The molecule has 1 N–H and O–H groups in total. The standard InChI is InChI=1S/C18H13ClFN3O2/c19-14-5-1-6-15(20)13(14)11-23-9-3-7-16(18(23)25)22-17(24)12-4-2-8-21-10-12/h1-10H,11H2,(H,22,24). The van der Waals surface area contributed by atoms with Crippen LogP contribution >= 0.6 is 11.6 Å². The Morgan fingerprint density at radius 3 is 2.76 bits per heavy atom. The summed E-state index contributed by atoms with van der Waals surface area (Å²) in [5.74, 6) is -0.948. The fourth-order valence-electron chi connectivity index (χ4n) is 2.30. The Morgan fingerprint density at radius 1 is 1.20 bits per heavy atom. The maximum Gasteiger partial charge on any atom is 0.274 e. The maximum absolute atomic E-state index is 13.9. The lowest BCUT2D eigenvalue weighted by molar-refractivity contribution is 0.102. The van der Waals surface area contributed by atoms with Crippen molar-refractivity contribution >= 4 is 23.2 Å². The molecule has 25 heavy (non-hydrogen) atoms. The van der Waals surface area contributed by atoms with Gasteiger partial charge in [-0.15, -0.1) is 0 Å². The molecular formula is C18H13ClFN3O2. The molecule has 0 unspecified atom stereocenters. The molecule has 1 amide bonds. The number of carbonyl (C=O) groups is 1. The van der Waals surface area contributed by atoms with Gasteiger partial charge in [0.2, 0.25) is 0 Å². The van der Waals surface area contributed by atoms with Gasteiger partial charge >= 0.3 is 0 Å². The average Bonchev–Trinajstić information content (AvgIpc) is 2.62. The van der Waals surface area contributed by atoms with Gasteiger partial charge < -0.3 is 9.88 Å². The SMILES string of the molecule is O=C(Nc1cccn(Cc2c(F)cccc2Cl)c1=O)c1cccnc1. The van der Waals surface area contributed by atoms with Crippen molar-refractivity contribution < 1.29 is 9.18 Å². The van der Waals surface area contributed by atoms with E-state index >= 15 is 0 Å². The van der Waals surface area contributed by atoms with E-state index in [1.54, 1.807) is 30.5 Å². The van der Waals surface area contributed by atoms with Crippen molar-refractivity contribution in [2.24, 2.45) is 0 Å². The van der Waals surface area contributed by atoms with Crippen LogP contribution in [0.1, 0.15) is 15.9 Å². The van der Waals surface area contributed by atoms with Gasteiger partial charge in [-0.05, 0) is 36.4 Å². The summed E-state index contributed by atoms with van der Waals surface area (Å²) >= 11 is 6.00. The summed E-state index contributed by atoms with van der Waals surface area (Å²) in [6, 6.07) is 10.6. The van der Waals surface area contributed by atoms with Crippen molar-refractivity contribution in [2.75, 3.05) is 5.32 Å². The lowest BCUT2D eigenvalue weighted by Gasteiger charge is -2.11. The minimum Gasteiger partial charge on any atom is -0.317 e. The van der Waals surface area contributed by atoms with Crippen LogP contribution in [0.5, 0.6) is 0 Å². The molecule has 0 fully saturated rings. The summed E-state index contributed by atoms with van der Waals surface area (Å²) in [6.45, 7) is -0.0407. The van der Waals surface area contributed by atoms with Gasteiger partial charge in [0, 0.05) is 29.2 Å². The Bertz CT molecular complexity index is 953. The van der Waals surface area contributed by atoms with Crippen molar-refractivity contribution in [3.8, 4) is 0 Å². The third-order valence-electron chi connectivity index (χ3n) is 3.58. The Morgan fingerprint density at radius 2 is 2.04 bits per heavy atom. The first-order valence-electron chi connectivity index (χ1n) is 7.40. The third kappa shape index (κ3) is 3.75. The van der Waals surface area contributed by atoms with Crippen LogP contribution in [0.3, 0.4) is 0 Å². The second kappa shape index (κ2) is 7.27. The summed E-state index contributed by atoms with van der Waals surface area (Å²) in [7, 11) is 0. The van der Waals surface area contributed by atoms with Crippen LogP contribution in [-0.2, 0) is 6.54 Å². The van der Waals surface area contributed by atoms with E-state index in [1.807, 2.05) is 0 Å². The van der Waals surface area contributed by atoms with Gasteiger partial charge in [-0.3, -0.25) is 14.6 Å². The van der Waals surface area contributed by atoms with E-state index in [-0.39, 0.29) is 22.8 Å². The zero-order valence-electron chi connectivity index (χ0n) is 12.9. The molecule has 0 saturated heterocycles. The number of benzene rings is 1. The summed E-state index contributed by atoms with van der Waals surface area (Å²) in [5.41, 5.74) is 0.166. The Labute approximate surface area is 147 Å². The molecule has 3 rings (SSSR count). The number of halogens is 2. The van der Waals surface area contributed by atoms with E-state index in [1.165, 1.54) is 35.2 Å². The molecule has 7 heteroatoms. The predicted molar refractivity (Wildman–Crippen MR) is 93.4 cm³/mol. The molecule has 0 bridgehead atoms. The average molecular weight is 358 g/mol. The van der Waals surface area contributed by atoms with Gasteiger partial charge in [-0.1, -0.05) is 17.7 Å². The molecule has 0 radical (unpaired) electrons. The lowest BCUT2D eigenvalue weighted by atomic mass is 10.2. The molecular weight excluding hydrogens is 345 g/mol. The normalized spacial score (nSPS) is 10.5. The minimum absolute atomic E-state index is 0.0407. The molecule has 0 aliphatic carbocycles. The Kier molecular flexibility index (Phi) is 4.90. The van der Waals surface area contributed by atoms with Crippen LogP contribution in [0.25, 0.3) is 0 Å². The van der Waals surface area contributed by atoms with Gasteiger partial charge in [0.1, 0.15) is 11.5 Å². The van der Waals surface area contributed by atoms with Crippen LogP contribution in [0.15, 0.2) is 65.8 Å². The number of hydrogen-bond acceptors (Lipinski definition) is 3. The minimum atomic E-state index is -0.496. The van der Waals surface area contributed by atoms with Crippen molar-refractivity contribution in [3.05, 3.63) is 93.4 Å². The van der Waals surface area contributed by atoms with Gasteiger partial charge in [0.25, 0.3) is 11.5 Å². The number of anilines is 1. The van der Waals surface area contributed by atoms with Crippen LogP contribution < -0.4 is 10.9 Å². The summed E-state index contributed by atoms with van der Waals surface area (Å²) in [6.07, 6.45) is 4.45. The Balaban J connectivity index is 1.88. The molecule has 0 saturated carbocycles. The quantitative estimate of drug-likeness (QED) is 0.779. The highest BCUT2D eigenvalue weighted by atomic mass is 35.5. The summed E-state index contributed by atoms with van der Waals surface area (Å²) in [5, 5.41) is 2.78. The third-order valence-corrected chi connectivity index (χ3v) is 3.94. The first-order chi connectivity index (χ1) is 12.1. The van der Waals surface area contributed by atoms with E-state index in [2.05, 4.69) is 10.3 Å². The van der Waals surface area contributed by atoms with Gasteiger partial charge in [-0.2, -0.15) is 0 Å². The highest BCUT2D eigenvalue weighted by Gasteiger charge is 2.12. The Hall–Kier alpha value is -2.99. The molecule has 0 spiro atoms. The molecule has 0 aliphatic rings. The second-order valence-corrected chi connectivity index (χ2v) is 5.66. The first-order valence-corrected chi connectivity index (χ1v) is 7.78. The van der Waals surface area contributed by atoms with Gasteiger partial charge in [-0.25, -0.2) is 4.39 Å². The fourth-order valence-corrected chi connectivity index (χ4v) is 2.52. The van der Waals surface area contributed by atoms with Crippen molar-refractivity contribution in [2.45, 2.75) is 6.54 Å². The number of carbonyl (C=O) groups excluding carboxylic acids is 1. The lowest BCUT2D eigenvalue weighted by Crippen LogP contribution is -2.26. The van der Waals surface area contributed by atoms with E-state index in [9.17, 15) is 14.0 Å². The maximum atomic E-state index is 13.9. The fraction of sp³-hybridized carbons (Fsp3) is 0.0556. The molecule has 126 valence electrons. The van der Waals surface area contributed by atoms with E-state index < -0.39 is 17.3 Å². The zero-order valence-corrected chi connectivity index (χ0v) is 13.7. The van der Waals surface area contributed by atoms with Crippen LogP contribution in [0.2, 0.25) is 5.02 Å². The van der Waals surface area contributed by atoms with Crippen molar-refractivity contribution in [1.29, 1.82) is 0 Å². The van der Waals surface area contributed by atoms with Crippen molar-refractivity contribution in [1.82, 2.24) is 9.55 Å². The summed E-state index contributed by atoms with van der Waals surface area (Å²) < 4.78 is 15.2. The highest BCUT2D eigenvalue weighted by molar-refractivity contribution is 6.31. The second-order valence-electron chi connectivity index (χ2n) is 5.25. The topological polar surface area (TPSA) is 64.0 Å². The number of aromatic nitrogens is 2. The smallest absolute Gasteiger partial charge is 0.274 e. The number of pyridine rings is 2. The number of amides is 1. The number of hydrogen-bond donors (Lipinski definition) is 1. The summed E-state index contributed by atoms with van der Waals surface area (Å²) in [4.78, 5) is 28.6. The first kappa shape index (κ1) is 16.9. The van der Waals surface area contributed by atoms with Gasteiger partial charge in [0.15, 0.2) is 0 Å². The number of nitrogens with zero attached hydrogens (tertiary/aromatic N) is 2. The number of rotatable bonds is 4. The molecule has 2 heterocycles. The molecule has 0 aliphatic heterocycles. The molecule has 5 nitrogen and oxygen atoms in total. The van der Waals surface area contributed by atoms with E-state index in [4.69, 9.17) is 11.6 Å². The largest absolute Gasteiger partial charge is 0.317 e. The monoisotopic (exact) mass is 357 g/mol. The molecule has 1 aromatic carbocycles. The van der Waals surface area contributed by atoms with E-state index in [0.29, 0.717) is 5.56 Å². The molecule has 3 aromatic rings. The zero-order chi connectivity index (χ0) is 17.8.